The van der Waals surface area contributed by atoms with Gasteiger partial charge in [0.05, 0.1) is 12.0 Å². The summed E-state index contributed by atoms with van der Waals surface area (Å²) in [5.41, 5.74) is 5.40. The topological polar surface area (TPSA) is 92.9 Å². The molecule has 2 N–H and O–H groups in total. The molecule has 2 aliphatic rings. The van der Waals surface area contributed by atoms with Crippen molar-refractivity contribution in [3.63, 3.8) is 0 Å². The Morgan fingerprint density at radius 1 is 1.32 bits per heavy atom. The zero-order chi connectivity index (χ0) is 18.0. The second-order valence-electron chi connectivity index (χ2n) is 6.92. The fourth-order valence-corrected chi connectivity index (χ4v) is 4.67. The van der Waals surface area contributed by atoms with Gasteiger partial charge in [-0.1, -0.05) is 10.5 Å². The quantitative estimate of drug-likeness (QED) is 0.694. The molecule has 3 rings (SSSR count). The Morgan fingerprint density at radius 2 is 2.08 bits per heavy atom. The lowest BCUT2D eigenvalue weighted by Gasteiger charge is -2.23. The Labute approximate surface area is 148 Å². The van der Waals surface area contributed by atoms with Gasteiger partial charge in [0.15, 0.2) is 0 Å². The number of carbonyl (C=O) groups is 1. The van der Waals surface area contributed by atoms with Crippen LogP contribution in [0.3, 0.4) is 0 Å². The molecule has 0 bridgehead atoms. The van der Waals surface area contributed by atoms with E-state index < -0.39 is 15.9 Å². The minimum atomic E-state index is -3.84. The zero-order valence-corrected chi connectivity index (χ0v) is 15.2. The summed E-state index contributed by atoms with van der Waals surface area (Å²) in [4.78, 5) is 18.9. The van der Waals surface area contributed by atoms with Crippen LogP contribution in [0.1, 0.15) is 29.6 Å². The van der Waals surface area contributed by atoms with E-state index >= 15 is 0 Å². The summed E-state index contributed by atoms with van der Waals surface area (Å²) in [6.45, 7) is 3.33. The normalized spacial score (nSPS) is 21.8. The fraction of sp³-hybridized carbons (Fsp3) is 0.588. The number of primary amides is 1. The number of carbonyl (C=O) groups excluding carboxylic acids is 1. The summed E-state index contributed by atoms with van der Waals surface area (Å²) in [6, 6.07) is 5.73. The van der Waals surface area contributed by atoms with Gasteiger partial charge in [0.1, 0.15) is 0 Å². The second-order valence-corrected chi connectivity index (χ2v) is 8.75. The Kier molecular flexibility index (Phi) is 5.43. The van der Waals surface area contributed by atoms with E-state index in [0.717, 1.165) is 36.4 Å². The Morgan fingerprint density at radius 3 is 2.72 bits per heavy atom. The largest absolute Gasteiger partial charge is 0.366 e. The van der Waals surface area contributed by atoms with Crippen LogP contribution >= 0.6 is 0 Å². The molecule has 1 aromatic rings. The number of amides is 1. The molecule has 25 heavy (non-hydrogen) atoms. The van der Waals surface area contributed by atoms with Crippen molar-refractivity contribution in [2.45, 2.75) is 24.2 Å². The van der Waals surface area contributed by atoms with Gasteiger partial charge >= 0.3 is 0 Å². The maximum absolute atomic E-state index is 12.8. The highest BCUT2D eigenvalue weighted by Gasteiger charge is 2.33. The average Bonchev–Trinajstić information content (AvgIpc) is 3.29. The number of rotatable bonds is 8. The lowest BCUT2D eigenvalue weighted by atomic mass is 10.1. The molecule has 1 amide bonds. The van der Waals surface area contributed by atoms with Gasteiger partial charge in [-0.05, 0) is 55.8 Å². The molecule has 138 valence electrons. The summed E-state index contributed by atoms with van der Waals surface area (Å²) < 4.78 is 26.7. The van der Waals surface area contributed by atoms with Gasteiger partial charge in [0.25, 0.3) is 10.0 Å². The SMILES string of the molecule is CON(CC1CCN(CC2CC2)C1)S(=O)(=O)c1cccc(C(N)=O)c1. The number of hydroxylamine groups is 1. The molecule has 1 saturated carbocycles. The molecular weight excluding hydrogens is 342 g/mol. The van der Waals surface area contributed by atoms with E-state index in [2.05, 4.69) is 4.90 Å². The molecular formula is C17H25N3O4S. The van der Waals surface area contributed by atoms with Gasteiger partial charge in [-0.25, -0.2) is 8.42 Å². The second kappa shape index (κ2) is 7.41. The number of nitrogens with zero attached hydrogens (tertiary/aromatic N) is 2. The number of likely N-dealkylation sites (tertiary alicyclic amines) is 1. The maximum Gasteiger partial charge on any atom is 0.265 e. The molecule has 0 radical (unpaired) electrons. The molecule has 8 heteroatoms. The molecule has 1 atom stereocenters. The minimum Gasteiger partial charge on any atom is -0.366 e. The van der Waals surface area contributed by atoms with Crippen LogP contribution < -0.4 is 5.73 Å². The van der Waals surface area contributed by atoms with Crippen molar-refractivity contribution in [3.8, 4) is 0 Å². The van der Waals surface area contributed by atoms with Gasteiger partial charge in [0.2, 0.25) is 5.91 Å². The van der Waals surface area contributed by atoms with Crippen molar-refractivity contribution in [1.29, 1.82) is 0 Å². The first-order chi connectivity index (χ1) is 11.9. The third kappa shape index (κ3) is 4.38. The van der Waals surface area contributed by atoms with E-state index in [1.165, 1.54) is 44.2 Å². The van der Waals surface area contributed by atoms with Crippen LogP contribution in [0, 0.1) is 11.8 Å². The molecule has 2 fully saturated rings. The van der Waals surface area contributed by atoms with Crippen molar-refractivity contribution in [2.75, 3.05) is 33.3 Å². The van der Waals surface area contributed by atoms with E-state index in [1.54, 1.807) is 0 Å². The molecule has 0 spiro atoms. The summed E-state index contributed by atoms with van der Waals surface area (Å²) in [5.74, 6) is 0.415. The first kappa shape index (κ1) is 18.3. The van der Waals surface area contributed by atoms with Gasteiger partial charge < -0.3 is 10.6 Å². The maximum atomic E-state index is 12.8. The van der Waals surface area contributed by atoms with E-state index in [9.17, 15) is 13.2 Å². The van der Waals surface area contributed by atoms with E-state index in [-0.39, 0.29) is 16.4 Å². The molecule has 1 heterocycles. The number of benzene rings is 1. The predicted molar refractivity (Wildman–Crippen MR) is 93.1 cm³/mol. The third-order valence-electron chi connectivity index (χ3n) is 4.88. The highest BCUT2D eigenvalue weighted by molar-refractivity contribution is 7.89. The van der Waals surface area contributed by atoms with Gasteiger partial charge in [0, 0.05) is 25.2 Å². The number of sulfonamides is 1. The Bertz CT molecular complexity index is 733. The third-order valence-corrected chi connectivity index (χ3v) is 6.56. The monoisotopic (exact) mass is 367 g/mol. The lowest BCUT2D eigenvalue weighted by Crippen LogP contribution is -2.36. The average molecular weight is 367 g/mol. The summed E-state index contributed by atoms with van der Waals surface area (Å²) in [5, 5.41) is 0. The highest BCUT2D eigenvalue weighted by Crippen LogP contribution is 2.32. The van der Waals surface area contributed by atoms with Crippen molar-refractivity contribution >= 4 is 15.9 Å². The van der Waals surface area contributed by atoms with Crippen molar-refractivity contribution in [2.24, 2.45) is 17.6 Å². The van der Waals surface area contributed by atoms with E-state index in [0.29, 0.717) is 6.54 Å². The molecule has 1 saturated heterocycles. The van der Waals surface area contributed by atoms with Crippen LogP contribution in [0.2, 0.25) is 0 Å². The molecule has 1 aromatic carbocycles. The summed E-state index contributed by atoms with van der Waals surface area (Å²) in [6.07, 6.45) is 3.59. The lowest BCUT2D eigenvalue weighted by molar-refractivity contribution is -0.0576. The molecule has 1 aliphatic heterocycles. The predicted octanol–water partition coefficient (Wildman–Crippen LogP) is 1.07. The van der Waals surface area contributed by atoms with E-state index in [4.69, 9.17) is 10.6 Å². The Balaban J connectivity index is 1.68. The van der Waals surface area contributed by atoms with Gasteiger partial charge in [-0.15, -0.1) is 0 Å². The highest BCUT2D eigenvalue weighted by atomic mass is 32.2. The minimum absolute atomic E-state index is 0.0125. The van der Waals surface area contributed by atoms with Crippen LogP contribution in [0.5, 0.6) is 0 Å². The van der Waals surface area contributed by atoms with Gasteiger partial charge in [-0.2, -0.15) is 0 Å². The number of hydrogen-bond acceptors (Lipinski definition) is 5. The molecule has 0 aromatic heterocycles. The van der Waals surface area contributed by atoms with Crippen molar-refractivity contribution < 1.29 is 18.0 Å². The number of nitrogens with two attached hydrogens (primary N) is 1. The standard InChI is InChI=1S/C17H25N3O4S/c1-24-20(12-14-7-8-19(11-14)10-13-5-6-13)25(22,23)16-4-2-3-15(9-16)17(18)21/h2-4,9,13-14H,5-8,10-12H2,1H3,(H2,18,21). The molecule has 1 unspecified atom stereocenters. The van der Waals surface area contributed by atoms with Crippen LogP contribution in [0.25, 0.3) is 0 Å². The van der Waals surface area contributed by atoms with Crippen LogP contribution in [0.4, 0.5) is 0 Å². The Hall–Kier alpha value is -1.48. The smallest absolute Gasteiger partial charge is 0.265 e. The zero-order valence-electron chi connectivity index (χ0n) is 14.4. The number of hydrogen-bond donors (Lipinski definition) is 1. The van der Waals surface area contributed by atoms with Crippen LogP contribution in [-0.4, -0.2) is 57.0 Å². The van der Waals surface area contributed by atoms with Gasteiger partial charge in [-0.3, -0.25) is 9.63 Å². The van der Waals surface area contributed by atoms with Crippen LogP contribution in [0.15, 0.2) is 29.2 Å². The summed E-state index contributed by atoms with van der Waals surface area (Å²) >= 11 is 0. The molecule has 7 nitrogen and oxygen atoms in total. The first-order valence-electron chi connectivity index (χ1n) is 8.59. The van der Waals surface area contributed by atoms with Crippen molar-refractivity contribution in [3.05, 3.63) is 29.8 Å². The van der Waals surface area contributed by atoms with Crippen molar-refractivity contribution in [1.82, 2.24) is 9.37 Å². The van der Waals surface area contributed by atoms with Crippen LogP contribution in [-0.2, 0) is 14.9 Å². The first-order valence-corrected chi connectivity index (χ1v) is 10.0. The fourth-order valence-electron chi connectivity index (χ4n) is 3.30. The van der Waals surface area contributed by atoms with E-state index in [1.807, 2.05) is 0 Å². The summed E-state index contributed by atoms with van der Waals surface area (Å²) in [7, 11) is -2.48. The molecule has 1 aliphatic carbocycles.